The largest absolute Gasteiger partial charge is 0.348 e. The average Bonchev–Trinajstić information content (AvgIpc) is 2.83. The Balaban J connectivity index is 1.41. The number of anilines is 1. The van der Waals surface area contributed by atoms with Crippen LogP contribution in [0.4, 0.5) is 10.1 Å². The Morgan fingerprint density at radius 3 is 2.36 bits per heavy atom. The third-order valence-corrected chi connectivity index (χ3v) is 4.96. The summed E-state index contributed by atoms with van der Waals surface area (Å²) in [4.78, 5) is 40.0. The van der Waals surface area contributed by atoms with E-state index in [1.165, 1.54) is 24.3 Å². The van der Waals surface area contributed by atoms with Crippen LogP contribution < -0.4 is 16.2 Å². The normalized spacial score (nSPS) is 10.5. The van der Waals surface area contributed by atoms with Gasteiger partial charge >= 0.3 is 0 Å². The molecule has 164 valence electrons. The van der Waals surface area contributed by atoms with Gasteiger partial charge in [0.2, 0.25) is 0 Å². The highest BCUT2D eigenvalue weighted by Gasteiger charge is 2.12. The summed E-state index contributed by atoms with van der Waals surface area (Å²) in [6.45, 7) is 0.155. The van der Waals surface area contributed by atoms with E-state index >= 15 is 0 Å². The molecule has 4 aromatic rings. The third-order valence-electron chi connectivity index (χ3n) is 4.96. The van der Waals surface area contributed by atoms with E-state index in [1.54, 1.807) is 30.3 Å². The van der Waals surface area contributed by atoms with Gasteiger partial charge in [0.25, 0.3) is 17.4 Å². The van der Waals surface area contributed by atoms with Gasteiger partial charge in [0.1, 0.15) is 11.4 Å². The Labute approximate surface area is 189 Å². The van der Waals surface area contributed by atoms with Crippen LogP contribution in [0.15, 0.2) is 95.8 Å². The van der Waals surface area contributed by atoms with Crippen molar-refractivity contribution >= 4 is 17.5 Å². The van der Waals surface area contributed by atoms with Gasteiger partial charge in [-0.2, -0.15) is 0 Å². The molecule has 7 heteroatoms. The number of benzene rings is 3. The number of rotatable bonds is 6. The molecule has 0 atom stereocenters. The van der Waals surface area contributed by atoms with Crippen LogP contribution in [0, 0.1) is 5.82 Å². The first-order chi connectivity index (χ1) is 16.0. The van der Waals surface area contributed by atoms with E-state index in [-0.39, 0.29) is 17.7 Å². The van der Waals surface area contributed by atoms with Crippen molar-refractivity contribution < 1.29 is 14.0 Å². The molecule has 33 heavy (non-hydrogen) atoms. The van der Waals surface area contributed by atoms with E-state index < -0.39 is 23.2 Å². The first-order valence-corrected chi connectivity index (χ1v) is 10.2. The van der Waals surface area contributed by atoms with Gasteiger partial charge in [-0.1, -0.05) is 48.5 Å². The van der Waals surface area contributed by atoms with Crippen molar-refractivity contribution in [1.29, 1.82) is 0 Å². The van der Waals surface area contributed by atoms with Crippen LogP contribution in [0.2, 0.25) is 0 Å². The lowest BCUT2D eigenvalue weighted by atomic mass is 10.1. The fourth-order valence-electron chi connectivity index (χ4n) is 3.31. The fraction of sp³-hybridized carbons (Fsp3) is 0.0385. The van der Waals surface area contributed by atoms with Crippen molar-refractivity contribution in [3.05, 3.63) is 124 Å². The quantitative estimate of drug-likeness (QED) is 0.415. The minimum Gasteiger partial charge on any atom is -0.348 e. The van der Waals surface area contributed by atoms with Crippen LogP contribution in [-0.4, -0.2) is 16.8 Å². The summed E-state index contributed by atoms with van der Waals surface area (Å²) in [6, 6.07) is 24.8. The van der Waals surface area contributed by atoms with Crippen molar-refractivity contribution in [3.63, 3.8) is 0 Å². The summed E-state index contributed by atoms with van der Waals surface area (Å²) in [6.07, 6.45) is 0. The van der Waals surface area contributed by atoms with E-state index in [1.807, 2.05) is 30.3 Å². The molecule has 1 aromatic heterocycles. The Bertz CT molecular complexity index is 1370. The molecule has 0 spiro atoms. The highest BCUT2D eigenvalue weighted by atomic mass is 19.1. The van der Waals surface area contributed by atoms with Crippen LogP contribution >= 0.6 is 0 Å². The molecule has 0 aliphatic heterocycles. The Hall–Kier alpha value is -4.52. The molecule has 0 unspecified atom stereocenters. The number of hydrogen-bond donors (Lipinski definition) is 3. The molecule has 3 aromatic carbocycles. The van der Waals surface area contributed by atoms with Crippen molar-refractivity contribution in [2.24, 2.45) is 0 Å². The molecule has 0 saturated heterocycles. The second kappa shape index (κ2) is 9.74. The maximum absolute atomic E-state index is 13.3. The van der Waals surface area contributed by atoms with E-state index in [9.17, 15) is 18.8 Å². The SMILES string of the molecule is O=C(Nc1cccc(CNC(=O)c2ccc(-c3ccccc3)[nH]c2=O)c1)c1cccc(F)c1. The lowest BCUT2D eigenvalue weighted by Crippen LogP contribution is -2.29. The second-order valence-electron chi connectivity index (χ2n) is 7.33. The molecule has 1 heterocycles. The molecular weight excluding hydrogens is 421 g/mol. The van der Waals surface area contributed by atoms with Crippen LogP contribution in [0.25, 0.3) is 11.3 Å². The molecular formula is C26H20FN3O3. The average molecular weight is 441 g/mol. The minimum atomic E-state index is -0.509. The monoisotopic (exact) mass is 441 g/mol. The number of hydrogen-bond acceptors (Lipinski definition) is 3. The van der Waals surface area contributed by atoms with Crippen molar-refractivity contribution in [2.75, 3.05) is 5.32 Å². The maximum atomic E-state index is 13.3. The van der Waals surface area contributed by atoms with Crippen LogP contribution in [0.1, 0.15) is 26.3 Å². The summed E-state index contributed by atoms with van der Waals surface area (Å²) in [5, 5.41) is 5.42. The Kier molecular flexibility index (Phi) is 6.40. The lowest BCUT2D eigenvalue weighted by Gasteiger charge is -2.09. The van der Waals surface area contributed by atoms with Gasteiger partial charge in [0, 0.05) is 23.5 Å². The molecule has 0 aliphatic carbocycles. The highest BCUT2D eigenvalue weighted by Crippen LogP contribution is 2.15. The number of pyridine rings is 1. The zero-order valence-electron chi connectivity index (χ0n) is 17.5. The van der Waals surface area contributed by atoms with Crippen LogP contribution in [0.3, 0.4) is 0 Å². The van der Waals surface area contributed by atoms with Crippen molar-refractivity contribution in [3.8, 4) is 11.3 Å². The molecule has 6 nitrogen and oxygen atoms in total. The second-order valence-corrected chi connectivity index (χ2v) is 7.33. The fourth-order valence-corrected chi connectivity index (χ4v) is 3.31. The molecule has 0 radical (unpaired) electrons. The van der Waals surface area contributed by atoms with E-state index in [0.29, 0.717) is 11.4 Å². The Morgan fingerprint density at radius 2 is 1.61 bits per heavy atom. The molecule has 2 amide bonds. The lowest BCUT2D eigenvalue weighted by molar-refractivity contribution is 0.0948. The number of aromatic amines is 1. The van der Waals surface area contributed by atoms with E-state index in [4.69, 9.17) is 0 Å². The number of amides is 2. The van der Waals surface area contributed by atoms with Crippen LogP contribution in [0.5, 0.6) is 0 Å². The molecule has 0 saturated carbocycles. The first kappa shape index (κ1) is 21.7. The summed E-state index contributed by atoms with van der Waals surface area (Å²) in [5.41, 5.74) is 2.42. The van der Waals surface area contributed by atoms with E-state index in [0.717, 1.165) is 17.2 Å². The maximum Gasteiger partial charge on any atom is 0.261 e. The number of aromatic nitrogens is 1. The predicted molar refractivity (Wildman–Crippen MR) is 124 cm³/mol. The molecule has 3 N–H and O–H groups in total. The van der Waals surface area contributed by atoms with E-state index in [2.05, 4.69) is 15.6 Å². The predicted octanol–water partition coefficient (Wildman–Crippen LogP) is 4.36. The summed E-state index contributed by atoms with van der Waals surface area (Å²) in [5.74, 6) is -1.45. The van der Waals surface area contributed by atoms with Gasteiger partial charge in [-0.3, -0.25) is 14.4 Å². The smallest absolute Gasteiger partial charge is 0.261 e. The number of nitrogens with one attached hydrogen (secondary N) is 3. The molecule has 0 bridgehead atoms. The van der Waals surface area contributed by atoms with Gasteiger partial charge in [0.15, 0.2) is 0 Å². The minimum absolute atomic E-state index is 0.00485. The highest BCUT2D eigenvalue weighted by molar-refractivity contribution is 6.04. The number of carbonyl (C=O) groups excluding carboxylic acids is 2. The zero-order chi connectivity index (χ0) is 23.2. The molecule has 4 rings (SSSR count). The molecule has 0 aliphatic rings. The van der Waals surface area contributed by atoms with Crippen molar-refractivity contribution in [2.45, 2.75) is 6.54 Å². The van der Waals surface area contributed by atoms with Gasteiger partial charge in [-0.15, -0.1) is 0 Å². The van der Waals surface area contributed by atoms with Gasteiger partial charge < -0.3 is 15.6 Å². The summed E-state index contributed by atoms with van der Waals surface area (Å²) < 4.78 is 13.3. The standard InChI is InChI=1S/C26H20FN3O3/c27-20-10-5-9-19(15-20)24(31)29-21-11-4-6-17(14-21)16-28-25(32)22-12-13-23(30-26(22)33)18-7-2-1-3-8-18/h1-15H,16H2,(H,28,32)(H,29,31)(H,30,33). The topological polar surface area (TPSA) is 91.1 Å². The van der Waals surface area contributed by atoms with Crippen LogP contribution in [-0.2, 0) is 6.54 Å². The van der Waals surface area contributed by atoms with Gasteiger partial charge in [-0.05, 0) is 53.6 Å². The summed E-state index contributed by atoms with van der Waals surface area (Å²) in [7, 11) is 0. The van der Waals surface area contributed by atoms with Crippen molar-refractivity contribution in [1.82, 2.24) is 10.3 Å². The zero-order valence-corrected chi connectivity index (χ0v) is 17.5. The third kappa shape index (κ3) is 5.40. The van der Waals surface area contributed by atoms with Gasteiger partial charge in [-0.25, -0.2) is 4.39 Å². The number of H-pyrrole nitrogens is 1. The molecule has 0 fully saturated rings. The number of carbonyl (C=O) groups is 2. The summed E-state index contributed by atoms with van der Waals surface area (Å²) >= 11 is 0. The Morgan fingerprint density at radius 1 is 0.818 bits per heavy atom. The first-order valence-electron chi connectivity index (χ1n) is 10.2. The van der Waals surface area contributed by atoms with Gasteiger partial charge in [0.05, 0.1) is 0 Å². The number of halogens is 1.